The molecule has 0 radical (unpaired) electrons. The zero-order valence-corrected chi connectivity index (χ0v) is 28.3. The van der Waals surface area contributed by atoms with E-state index in [1.54, 1.807) is 72.1 Å². The molecule has 0 aliphatic heterocycles. The van der Waals surface area contributed by atoms with Crippen LogP contribution in [0, 0.1) is 0 Å². The Hall–Kier alpha value is -7.34. The van der Waals surface area contributed by atoms with Gasteiger partial charge in [0.15, 0.2) is 0 Å². The van der Waals surface area contributed by atoms with E-state index in [-0.39, 0.29) is 22.8 Å². The Balaban J connectivity index is 1.15. The first-order valence-electron chi connectivity index (χ1n) is 16.2. The molecule has 0 saturated heterocycles. The summed E-state index contributed by atoms with van der Waals surface area (Å²) in [6.07, 6.45) is 0. The molecule has 5 aromatic carbocycles. The molecule has 6 N–H and O–H groups in total. The SMILES string of the molecule is COc1ccc(-c2nn(-c3ccccc3)c(N)c2C(=O)Nc2ccc(NC(=O)c3c(-c4ccc(OC)cc4)nn(-c4ccccc4)c3N)cc2)cc1. The monoisotopic (exact) mass is 690 g/mol. The first-order valence-corrected chi connectivity index (χ1v) is 16.2. The number of ether oxygens (including phenoxy) is 2. The Morgan fingerprint density at radius 1 is 0.519 bits per heavy atom. The van der Waals surface area contributed by atoms with Crippen LogP contribution in [0.2, 0.25) is 0 Å². The number of methoxy groups -OCH3 is 2. The van der Waals surface area contributed by atoms with E-state index in [9.17, 15) is 9.59 Å². The number of carbonyl (C=O) groups is 2. The van der Waals surface area contributed by atoms with Gasteiger partial charge in [-0.25, -0.2) is 9.36 Å². The van der Waals surface area contributed by atoms with Crippen LogP contribution in [-0.2, 0) is 0 Å². The molecular weight excluding hydrogens is 656 g/mol. The third-order valence-corrected chi connectivity index (χ3v) is 8.43. The predicted molar refractivity (Wildman–Crippen MR) is 202 cm³/mol. The number of hydrogen-bond acceptors (Lipinski definition) is 8. The number of rotatable bonds is 10. The van der Waals surface area contributed by atoms with E-state index in [4.69, 9.17) is 31.1 Å². The van der Waals surface area contributed by atoms with Gasteiger partial charge in [0.2, 0.25) is 0 Å². The summed E-state index contributed by atoms with van der Waals surface area (Å²) in [6.45, 7) is 0. The Morgan fingerprint density at radius 2 is 0.865 bits per heavy atom. The molecule has 2 heterocycles. The largest absolute Gasteiger partial charge is 0.497 e. The highest BCUT2D eigenvalue weighted by Crippen LogP contribution is 2.33. The van der Waals surface area contributed by atoms with E-state index in [2.05, 4.69) is 10.6 Å². The van der Waals surface area contributed by atoms with Crippen molar-refractivity contribution in [1.29, 1.82) is 0 Å². The standard InChI is InChI=1S/C40H34N8O4/c1-51-31-21-13-25(14-22-31)35-33(37(41)47(45-35)29-9-5-3-6-10-29)39(49)43-27-17-19-28(20-18-27)44-40(50)34-36(26-15-23-32(52-2)24-16-26)46-48(38(34)42)30-11-7-4-8-12-30/h3-24H,41-42H2,1-2H3,(H,43,49)(H,44,50). The van der Waals surface area contributed by atoms with Crippen LogP contribution in [0.5, 0.6) is 11.5 Å². The van der Waals surface area contributed by atoms with Crippen molar-refractivity contribution in [3.8, 4) is 45.4 Å². The maximum absolute atomic E-state index is 13.8. The second kappa shape index (κ2) is 14.3. The third-order valence-electron chi connectivity index (χ3n) is 8.43. The fourth-order valence-electron chi connectivity index (χ4n) is 5.77. The van der Waals surface area contributed by atoms with Crippen molar-refractivity contribution < 1.29 is 19.1 Å². The number of para-hydroxylation sites is 2. The lowest BCUT2D eigenvalue weighted by molar-refractivity contribution is 0.101. The molecule has 7 aromatic rings. The van der Waals surface area contributed by atoms with E-state index >= 15 is 0 Å². The minimum absolute atomic E-state index is 0.180. The molecule has 0 unspecified atom stereocenters. The van der Waals surface area contributed by atoms with E-state index in [1.807, 2.05) is 84.9 Å². The first-order chi connectivity index (χ1) is 25.3. The zero-order chi connectivity index (χ0) is 36.2. The Bertz CT molecular complexity index is 2180. The molecule has 12 nitrogen and oxygen atoms in total. The summed E-state index contributed by atoms with van der Waals surface area (Å²) in [6, 6.07) is 39.9. The van der Waals surface area contributed by atoms with Crippen LogP contribution in [0.15, 0.2) is 133 Å². The molecule has 0 bridgehead atoms. The van der Waals surface area contributed by atoms with Crippen LogP contribution in [0.4, 0.5) is 23.0 Å². The van der Waals surface area contributed by atoms with Crippen LogP contribution >= 0.6 is 0 Å². The number of nitrogens with zero attached hydrogens (tertiary/aromatic N) is 4. The number of benzene rings is 5. The van der Waals surface area contributed by atoms with Crippen molar-refractivity contribution in [2.24, 2.45) is 0 Å². The molecular formula is C40H34N8O4. The van der Waals surface area contributed by atoms with Crippen LogP contribution in [0.1, 0.15) is 20.7 Å². The number of nitrogen functional groups attached to an aromatic ring is 2. The van der Waals surface area contributed by atoms with Gasteiger partial charge in [-0.2, -0.15) is 10.2 Å². The number of anilines is 4. The van der Waals surface area contributed by atoms with Crippen LogP contribution < -0.4 is 31.6 Å². The Morgan fingerprint density at radius 3 is 1.19 bits per heavy atom. The van der Waals surface area contributed by atoms with E-state index in [1.165, 1.54) is 0 Å². The second-order valence-electron chi connectivity index (χ2n) is 11.7. The number of nitrogens with one attached hydrogen (secondary N) is 2. The van der Waals surface area contributed by atoms with Gasteiger partial charge in [0.05, 0.1) is 25.6 Å². The van der Waals surface area contributed by atoms with Gasteiger partial charge >= 0.3 is 0 Å². The summed E-state index contributed by atoms with van der Waals surface area (Å²) in [5.74, 6) is 0.795. The summed E-state index contributed by atoms with van der Waals surface area (Å²) in [5, 5.41) is 15.3. The van der Waals surface area contributed by atoms with Gasteiger partial charge < -0.3 is 31.6 Å². The molecule has 2 aromatic heterocycles. The van der Waals surface area contributed by atoms with Crippen molar-refractivity contribution in [3.05, 3.63) is 145 Å². The Labute approximate surface area is 299 Å². The predicted octanol–water partition coefficient (Wildman–Crippen LogP) is 7.08. The topological polar surface area (TPSA) is 164 Å². The molecule has 0 atom stereocenters. The van der Waals surface area contributed by atoms with Gasteiger partial charge in [-0.05, 0) is 97.1 Å². The molecule has 7 rings (SSSR count). The third kappa shape index (κ3) is 6.51. The summed E-state index contributed by atoms with van der Waals surface area (Å²) >= 11 is 0. The molecule has 12 heteroatoms. The van der Waals surface area contributed by atoms with E-state index in [0.717, 1.165) is 0 Å². The summed E-state index contributed by atoms with van der Waals surface area (Å²) in [7, 11) is 3.17. The maximum atomic E-state index is 13.8. The molecule has 0 fully saturated rings. The van der Waals surface area contributed by atoms with Crippen molar-refractivity contribution >= 4 is 34.8 Å². The van der Waals surface area contributed by atoms with Gasteiger partial charge in [-0.1, -0.05) is 36.4 Å². The minimum atomic E-state index is -0.451. The highest BCUT2D eigenvalue weighted by molar-refractivity contribution is 6.13. The highest BCUT2D eigenvalue weighted by Gasteiger charge is 2.26. The van der Waals surface area contributed by atoms with Gasteiger partial charge in [-0.3, -0.25) is 9.59 Å². The molecule has 2 amide bonds. The highest BCUT2D eigenvalue weighted by atomic mass is 16.5. The lowest BCUT2D eigenvalue weighted by Gasteiger charge is -2.10. The molecule has 258 valence electrons. The molecule has 0 aliphatic carbocycles. The summed E-state index contributed by atoms with van der Waals surface area (Å²) in [5.41, 5.74) is 18.2. The molecule has 0 spiro atoms. The quantitative estimate of drug-likeness (QED) is 0.118. The van der Waals surface area contributed by atoms with Crippen molar-refractivity contribution in [2.45, 2.75) is 0 Å². The van der Waals surface area contributed by atoms with Gasteiger partial charge in [0, 0.05) is 22.5 Å². The maximum Gasteiger partial charge on any atom is 0.261 e. The number of amides is 2. The van der Waals surface area contributed by atoms with Crippen molar-refractivity contribution in [3.63, 3.8) is 0 Å². The summed E-state index contributed by atoms with van der Waals surface area (Å²) in [4.78, 5) is 27.7. The number of hydrogen-bond donors (Lipinski definition) is 4. The van der Waals surface area contributed by atoms with Gasteiger partial charge in [0.1, 0.15) is 45.6 Å². The lowest BCUT2D eigenvalue weighted by Crippen LogP contribution is -2.16. The smallest absolute Gasteiger partial charge is 0.261 e. The van der Waals surface area contributed by atoms with Crippen LogP contribution in [-0.4, -0.2) is 45.6 Å². The Kier molecular flexibility index (Phi) is 9.09. The van der Waals surface area contributed by atoms with Crippen LogP contribution in [0.3, 0.4) is 0 Å². The lowest BCUT2D eigenvalue weighted by atomic mass is 10.1. The number of carbonyl (C=O) groups excluding carboxylic acids is 2. The molecule has 52 heavy (non-hydrogen) atoms. The van der Waals surface area contributed by atoms with E-state index < -0.39 is 11.8 Å². The zero-order valence-electron chi connectivity index (χ0n) is 28.3. The molecule has 0 saturated carbocycles. The summed E-state index contributed by atoms with van der Waals surface area (Å²) < 4.78 is 13.7. The second-order valence-corrected chi connectivity index (χ2v) is 11.7. The minimum Gasteiger partial charge on any atom is -0.497 e. The first kappa shape index (κ1) is 33.2. The molecule has 0 aliphatic rings. The fourth-order valence-corrected chi connectivity index (χ4v) is 5.77. The number of aromatic nitrogens is 4. The fraction of sp³-hybridized carbons (Fsp3) is 0.0500. The normalized spacial score (nSPS) is 10.8. The average molecular weight is 691 g/mol. The van der Waals surface area contributed by atoms with Crippen LogP contribution in [0.25, 0.3) is 33.9 Å². The van der Waals surface area contributed by atoms with Gasteiger partial charge in [-0.15, -0.1) is 0 Å². The van der Waals surface area contributed by atoms with E-state index in [0.29, 0.717) is 56.8 Å². The average Bonchev–Trinajstić information content (AvgIpc) is 3.73. The van der Waals surface area contributed by atoms with Crippen molar-refractivity contribution in [2.75, 3.05) is 36.3 Å². The van der Waals surface area contributed by atoms with Crippen molar-refractivity contribution in [1.82, 2.24) is 19.6 Å². The van der Waals surface area contributed by atoms with Gasteiger partial charge in [0.25, 0.3) is 11.8 Å². The number of nitrogens with two attached hydrogens (primary N) is 2.